The molecule has 96 valence electrons. The zero-order valence-corrected chi connectivity index (χ0v) is 11.2. The lowest BCUT2D eigenvalue weighted by Gasteiger charge is -2.09. The number of hydrogen-bond donors (Lipinski definition) is 1. The van der Waals surface area contributed by atoms with Gasteiger partial charge in [0.15, 0.2) is 5.78 Å². The molecule has 3 nitrogen and oxygen atoms in total. The SMILES string of the molecule is COc1cc(O)c2c(c1)Sc1ccccc1CC2=O. The second kappa shape index (κ2) is 4.63. The summed E-state index contributed by atoms with van der Waals surface area (Å²) in [6, 6.07) is 11.1. The molecular weight excluding hydrogens is 260 g/mol. The van der Waals surface area contributed by atoms with E-state index in [-0.39, 0.29) is 11.5 Å². The van der Waals surface area contributed by atoms with Gasteiger partial charge >= 0.3 is 0 Å². The van der Waals surface area contributed by atoms with Crippen LogP contribution in [-0.4, -0.2) is 18.0 Å². The molecule has 0 radical (unpaired) electrons. The lowest BCUT2D eigenvalue weighted by Crippen LogP contribution is -2.04. The summed E-state index contributed by atoms with van der Waals surface area (Å²) >= 11 is 1.49. The summed E-state index contributed by atoms with van der Waals surface area (Å²) in [6.07, 6.45) is 0.316. The van der Waals surface area contributed by atoms with Crippen LogP contribution in [-0.2, 0) is 6.42 Å². The maximum absolute atomic E-state index is 12.3. The summed E-state index contributed by atoms with van der Waals surface area (Å²) in [7, 11) is 1.54. The Morgan fingerprint density at radius 3 is 2.79 bits per heavy atom. The molecule has 4 heteroatoms. The fourth-order valence-corrected chi connectivity index (χ4v) is 3.33. The number of carbonyl (C=O) groups is 1. The monoisotopic (exact) mass is 272 g/mol. The van der Waals surface area contributed by atoms with Crippen molar-refractivity contribution in [2.45, 2.75) is 16.2 Å². The van der Waals surface area contributed by atoms with Gasteiger partial charge in [0.05, 0.1) is 12.7 Å². The lowest BCUT2D eigenvalue weighted by atomic mass is 10.0. The summed E-state index contributed by atoms with van der Waals surface area (Å²) < 4.78 is 5.14. The molecule has 0 amide bonds. The van der Waals surface area contributed by atoms with Crippen LogP contribution in [0.15, 0.2) is 46.2 Å². The molecule has 0 aliphatic carbocycles. The second-order valence-corrected chi connectivity index (χ2v) is 5.41. The highest BCUT2D eigenvalue weighted by molar-refractivity contribution is 7.99. The first-order valence-electron chi connectivity index (χ1n) is 5.89. The third kappa shape index (κ3) is 2.08. The van der Waals surface area contributed by atoms with Gasteiger partial charge in [0.2, 0.25) is 0 Å². The number of hydrogen-bond acceptors (Lipinski definition) is 4. The molecule has 2 aromatic carbocycles. The smallest absolute Gasteiger partial charge is 0.172 e. The maximum atomic E-state index is 12.3. The van der Waals surface area contributed by atoms with Crippen molar-refractivity contribution in [3.05, 3.63) is 47.5 Å². The predicted molar refractivity (Wildman–Crippen MR) is 73.3 cm³/mol. The van der Waals surface area contributed by atoms with Crippen LogP contribution < -0.4 is 4.74 Å². The topological polar surface area (TPSA) is 46.5 Å². The molecule has 0 saturated carbocycles. The zero-order valence-electron chi connectivity index (χ0n) is 10.3. The van der Waals surface area contributed by atoms with E-state index in [1.165, 1.54) is 24.9 Å². The highest BCUT2D eigenvalue weighted by Gasteiger charge is 2.24. The van der Waals surface area contributed by atoms with Crippen LogP contribution >= 0.6 is 11.8 Å². The van der Waals surface area contributed by atoms with Gasteiger partial charge < -0.3 is 9.84 Å². The van der Waals surface area contributed by atoms with Crippen molar-refractivity contribution in [3.8, 4) is 11.5 Å². The molecule has 0 spiro atoms. The molecule has 0 fully saturated rings. The normalized spacial score (nSPS) is 13.4. The van der Waals surface area contributed by atoms with Crippen molar-refractivity contribution in [1.82, 2.24) is 0 Å². The molecule has 2 aromatic rings. The minimum atomic E-state index is -0.0624. The largest absolute Gasteiger partial charge is 0.507 e. The Balaban J connectivity index is 2.20. The number of carbonyl (C=O) groups excluding carboxylic acids is 1. The van der Waals surface area contributed by atoms with Crippen molar-refractivity contribution in [2.75, 3.05) is 7.11 Å². The Labute approximate surface area is 115 Å². The zero-order chi connectivity index (χ0) is 13.4. The van der Waals surface area contributed by atoms with Crippen molar-refractivity contribution < 1.29 is 14.6 Å². The fraction of sp³-hybridized carbons (Fsp3) is 0.133. The first-order valence-corrected chi connectivity index (χ1v) is 6.70. The number of fused-ring (bicyclic) bond motifs is 2. The Morgan fingerprint density at radius 1 is 1.21 bits per heavy atom. The molecule has 0 unspecified atom stereocenters. The van der Waals surface area contributed by atoms with Gasteiger partial charge in [-0.2, -0.15) is 0 Å². The molecule has 0 aromatic heterocycles. The van der Waals surface area contributed by atoms with Gasteiger partial charge in [-0.15, -0.1) is 0 Å². The number of ether oxygens (including phenoxy) is 1. The Kier molecular flexibility index (Phi) is 2.95. The molecule has 3 rings (SSSR count). The third-order valence-electron chi connectivity index (χ3n) is 3.11. The standard InChI is InChI=1S/C15H12O3S/c1-18-10-7-12(17)15-11(16)6-9-4-2-3-5-13(9)19-14(15)8-10/h2-5,7-8,17H,6H2,1H3. The molecule has 1 aliphatic heterocycles. The Morgan fingerprint density at radius 2 is 2.00 bits per heavy atom. The number of benzene rings is 2. The maximum Gasteiger partial charge on any atom is 0.172 e. The van der Waals surface area contributed by atoms with Gasteiger partial charge in [0.1, 0.15) is 11.5 Å². The van der Waals surface area contributed by atoms with E-state index >= 15 is 0 Å². The van der Waals surface area contributed by atoms with E-state index in [0.29, 0.717) is 17.7 Å². The van der Waals surface area contributed by atoms with Gasteiger partial charge in [-0.05, 0) is 17.7 Å². The van der Waals surface area contributed by atoms with Crippen LogP contribution in [0.1, 0.15) is 15.9 Å². The number of phenolic OH excluding ortho intramolecular Hbond substituents is 1. The highest BCUT2D eigenvalue weighted by Crippen LogP contribution is 2.42. The number of aromatic hydroxyl groups is 1. The van der Waals surface area contributed by atoms with E-state index in [0.717, 1.165) is 15.4 Å². The summed E-state index contributed by atoms with van der Waals surface area (Å²) in [5, 5.41) is 10.0. The first kappa shape index (κ1) is 12.1. The van der Waals surface area contributed by atoms with Gasteiger partial charge in [0, 0.05) is 22.3 Å². The lowest BCUT2D eigenvalue weighted by molar-refractivity contribution is 0.0987. The summed E-state index contributed by atoms with van der Waals surface area (Å²) in [6.45, 7) is 0. The van der Waals surface area contributed by atoms with Crippen LogP contribution in [0.25, 0.3) is 0 Å². The van der Waals surface area contributed by atoms with Crippen LogP contribution in [0.5, 0.6) is 11.5 Å². The number of Topliss-reactive ketones (excluding diaryl/α,β-unsaturated/α-hetero) is 1. The summed E-state index contributed by atoms with van der Waals surface area (Å²) in [5.74, 6) is 0.475. The van der Waals surface area contributed by atoms with Gasteiger partial charge in [0.25, 0.3) is 0 Å². The van der Waals surface area contributed by atoms with Crippen molar-refractivity contribution >= 4 is 17.5 Å². The summed E-state index contributed by atoms with van der Waals surface area (Å²) in [5.41, 5.74) is 1.38. The minimum absolute atomic E-state index is 0.0142. The van der Waals surface area contributed by atoms with Crippen molar-refractivity contribution in [2.24, 2.45) is 0 Å². The molecule has 0 atom stereocenters. The predicted octanol–water partition coefficient (Wildman–Crippen LogP) is 3.29. The van der Waals surface area contributed by atoms with Crippen LogP contribution in [0.3, 0.4) is 0 Å². The average molecular weight is 272 g/mol. The van der Waals surface area contributed by atoms with Crippen LogP contribution in [0.2, 0.25) is 0 Å². The van der Waals surface area contributed by atoms with Gasteiger partial charge in [-0.1, -0.05) is 30.0 Å². The average Bonchev–Trinajstić information content (AvgIpc) is 2.54. The number of methoxy groups -OCH3 is 1. The summed E-state index contributed by atoms with van der Waals surface area (Å²) in [4.78, 5) is 14.1. The molecular formula is C15H12O3S. The molecule has 0 saturated heterocycles. The van der Waals surface area contributed by atoms with E-state index in [4.69, 9.17) is 4.74 Å². The van der Waals surface area contributed by atoms with E-state index in [1.807, 2.05) is 24.3 Å². The van der Waals surface area contributed by atoms with Crippen LogP contribution in [0.4, 0.5) is 0 Å². The minimum Gasteiger partial charge on any atom is -0.507 e. The van der Waals surface area contributed by atoms with Gasteiger partial charge in [-0.3, -0.25) is 4.79 Å². The van der Waals surface area contributed by atoms with Gasteiger partial charge in [-0.25, -0.2) is 0 Å². The molecule has 19 heavy (non-hydrogen) atoms. The Hall–Kier alpha value is -1.94. The van der Waals surface area contributed by atoms with Crippen molar-refractivity contribution in [1.29, 1.82) is 0 Å². The fourth-order valence-electron chi connectivity index (χ4n) is 2.18. The molecule has 1 heterocycles. The number of ketones is 1. The van der Waals surface area contributed by atoms with E-state index < -0.39 is 0 Å². The molecule has 1 N–H and O–H groups in total. The third-order valence-corrected chi connectivity index (χ3v) is 4.27. The van der Waals surface area contributed by atoms with E-state index in [2.05, 4.69) is 0 Å². The first-order chi connectivity index (χ1) is 9.19. The second-order valence-electron chi connectivity index (χ2n) is 4.33. The highest BCUT2D eigenvalue weighted by atomic mass is 32.2. The number of rotatable bonds is 1. The van der Waals surface area contributed by atoms with Crippen LogP contribution in [0, 0.1) is 0 Å². The quantitative estimate of drug-likeness (QED) is 0.865. The number of phenols is 1. The molecule has 1 aliphatic rings. The van der Waals surface area contributed by atoms with Crippen molar-refractivity contribution in [3.63, 3.8) is 0 Å². The van der Waals surface area contributed by atoms with E-state index in [1.54, 1.807) is 6.07 Å². The van der Waals surface area contributed by atoms with E-state index in [9.17, 15) is 9.90 Å². The molecule has 0 bridgehead atoms. The Bertz CT molecular complexity index is 664.